The van der Waals surface area contributed by atoms with Crippen molar-refractivity contribution in [2.24, 2.45) is 0 Å². The molecule has 1 saturated heterocycles. The first-order valence-corrected chi connectivity index (χ1v) is 9.02. The summed E-state index contributed by atoms with van der Waals surface area (Å²) in [7, 11) is 1.70. The highest BCUT2D eigenvalue weighted by Crippen LogP contribution is 2.31. The third-order valence-electron chi connectivity index (χ3n) is 4.17. The van der Waals surface area contributed by atoms with Crippen molar-refractivity contribution in [2.45, 2.75) is 24.3 Å². The normalized spacial score (nSPS) is 14.5. The summed E-state index contributed by atoms with van der Waals surface area (Å²) >= 11 is 1.74. The van der Waals surface area contributed by atoms with E-state index in [2.05, 4.69) is 42.7 Å². The van der Waals surface area contributed by atoms with Crippen LogP contribution in [0.5, 0.6) is 0 Å². The van der Waals surface area contributed by atoms with E-state index < -0.39 is 0 Å². The van der Waals surface area contributed by atoms with Gasteiger partial charge < -0.3 is 9.64 Å². The van der Waals surface area contributed by atoms with Crippen LogP contribution in [0.4, 0.5) is 5.69 Å². The van der Waals surface area contributed by atoms with Gasteiger partial charge in [-0.25, -0.2) is 0 Å². The van der Waals surface area contributed by atoms with Gasteiger partial charge in [0.2, 0.25) is 5.91 Å². The van der Waals surface area contributed by atoms with Gasteiger partial charge in [-0.15, -0.1) is 11.8 Å². The van der Waals surface area contributed by atoms with Gasteiger partial charge in [-0.3, -0.25) is 4.79 Å². The number of carbonyl (C=O) groups is 1. The Hall–Kier alpha value is -1.78. The first kappa shape index (κ1) is 16.1. The van der Waals surface area contributed by atoms with Gasteiger partial charge in [0.1, 0.15) is 0 Å². The monoisotopic (exact) mass is 327 g/mol. The molecule has 4 heteroatoms. The molecule has 0 radical (unpaired) electrons. The molecule has 0 saturated carbocycles. The second-order valence-electron chi connectivity index (χ2n) is 5.65. The Kier molecular flexibility index (Phi) is 5.03. The quantitative estimate of drug-likeness (QED) is 0.765. The Morgan fingerprint density at radius 1 is 1.17 bits per heavy atom. The van der Waals surface area contributed by atoms with Crippen LogP contribution in [-0.4, -0.2) is 25.8 Å². The average Bonchev–Trinajstić information content (AvgIpc) is 3.01. The molecule has 0 unspecified atom stereocenters. The Balaban J connectivity index is 1.97. The molecule has 1 amide bonds. The number of benzene rings is 2. The highest BCUT2D eigenvalue weighted by molar-refractivity contribution is 7.98. The number of amides is 1. The summed E-state index contributed by atoms with van der Waals surface area (Å²) in [6, 6.07) is 14.8. The maximum atomic E-state index is 12.0. The van der Waals surface area contributed by atoms with E-state index in [1.165, 1.54) is 10.5 Å². The van der Waals surface area contributed by atoms with Gasteiger partial charge in [0, 0.05) is 30.7 Å². The lowest BCUT2D eigenvalue weighted by Crippen LogP contribution is -2.23. The number of thioether (sulfide) groups is 1. The maximum Gasteiger partial charge on any atom is 0.227 e. The molecule has 2 aromatic carbocycles. The fourth-order valence-electron chi connectivity index (χ4n) is 3.00. The number of hydrogen-bond donors (Lipinski definition) is 0. The standard InChI is InChI=1S/C19H21NO2S/c1-22-13-15-12-16(20-11-3-4-19(20)21)7-10-18(15)14-5-8-17(23-2)9-6-14/h5-10,12H,3-4,11,13H2,1-2H3. The molecule has 3 nitrogen and oxygen atoms in total. The predicted molar refractivity (Wildman–Crippen MR) is 96.0 cm³/mol. The van der Waals surface area contributed by atoms with Crippen molar-refractivity contribution in [2.75, 3.05) is 24.8 Å². The van der Waals surface area contributed by atoms with Crippen LogP contribution in [0.15, 0.2) is 47.4 Å². The molecule has 1 fully saturated rings. The minimum absolute atomic E-state index is 0.213. The number of anilines is 1. The highest BCUT2D eigenvalue weighted by atomic mass is 32.2. The number of carbonyl (C=O) groups excluding carboxylic acids is 1. The second-order valence-corrected chi connectivity index (χ2v) is 6.53. The average molecular weight is 327 g/mol. The van der Waals surface area contributed by atoms with Crippen LogP contribution in [0.1, 0.15) is 18.4 Å². The van der Waals surface area contributed by atoms with Crippen molar-refractivity contribution in [3.63, 3.8) is 0 Å². The lowest BCUT2D eigenvalue weighted by atomic mass is 9.99. The summed E-state index contributed by atoms with van der Waals surface area (Å²) < 4.78 is 5.37. The predicted octanol–water partition coefficient (Wildman–Crippen LogP) is 4.35. The van der Waals surface area contributed by atoms with E-state index in [9.17, 15) is 4.79 Å². The van der Waals surface area contributed by atoms with E-state index in [1.54, 1.807) is 18.9 Å². The molecule has 0 N–H and O–H groups in total. The van der Waals surface area contributed by atoms with Gasteiger partial charge >= 0.3 is 0 Å². The van der Waals surface area contributed by atoms with Crippen LogP contribution in [0.2, 0.25) is 0 Å². The smallest absolute Gasteiger partial charge is 0.227 e. The Morgan fingerprint density at radius 3 is 2.57 bits per heavy atom. The van der Waals surface area contributed by atoms with Crippen LogP contribution in [0.3, 0.4) is 0 Å². The zero-order valence-electron chi connectivity index (χ0n) is 13.5. The molecule has 2 aromatic rings. The molecule has 0 aliphatic carbocycles. The summed E-state index contributed by atoms with van der Waals surface area (Å²) in [4.78, 5) is 15.1. The van der Waals surface area contributed by atoms with Crippen molar-refractivity contribution in [3.05, 3.63) is 48.0 Å². The van der Waals surface area contributed by atoms with Crippen molar-refractivity contribution >= 4 is 23.4 Å². The van der Waals surface area contributed by atoms with E-state index in [0.29, 0.717) is 13.0 Å². The summed E-state index contributed by atoms with van der Waals surface area (Å²) in [5, 5.41) is 0. The molecular formula is C19H21NO2S. The van der Waals surface area contributed by atoms with E-state index in [0.717, 1.165) is 29.8 Å². The SMILES string of the molecule is COCc1cc(N2CCCC2=O)ccc1-c1ccc(SC)cc1. The molecule has 1 aliphatic heterocycles. The first-order chi connectivity index (χ1) is 11.2. The van der Waals surface area contributed by atoms with E-state index >= 15 is 0 Å². The molecule has 0 aromatic heterocycles. The molecule has 23 heavy (non-hydrogen) atoms. The van der Waals surface area contributed by atoms with Gasteiger partial charge in [0.15, 0.2) is 0 Å². The maximum absolute atomic E-state index is 12.0. The lowest BCUT2D eigenvalue weighted by molar-refractivity contribution is -0.117. The van der Waals surface area contributed by atoms with E-state index in [4.69, 9.17) is 4.74 Å². The molecule has 0 spiro atoms. The number of hydrogen-bond acceptors (Lipinski definition) is 3. The summed E-state index contributed by atoms with van der Waals surface area (Å²) in [5.74, 6) is 0.213. The van der Waals surface area contributed by atoms with Crippen molar-refractivity contribution in [1.82, 2.24) is 0 Å². The Morgan fingerprint density at radius 2 is 1.96 bits per heavy atom. The van der Waals surface area contributed by atoms with Gasteiger partial charge in [-0.05, 0) is 53.6 Å². The zero-order valence-corrected chi connectivity index (χ0v) is 14.4. The largest absolute Gasteiger partial charge is 0.380 e. The molecule has 120 valence electrons. The van der Waals surface area contributed by atoms with Crippen LogP contribution in [-0.2, 0) is 16.1 Å². The first-order valence-electron chi connectivity index (χ1n) is 7.79. The number of rotatable bonds is 5. The second kappa shape index (κ2) is 7.20. The zero-order chi connectivity index (χ0) is 16.2. The summed E-state index contributed by atoms with van der Waals surface area (Å²) in [5.41, 5.74) is 4.43. The fourth-order valence-corrected chi connectivity index (χ4v) is 3.40. The number of methoxy groups -OCH3 is 1. The van der Waals surface area contributed by atoms with Crippen LogP contribution >= 0.6 is 11.8 Å². The van der Waals surface area contributed by atoms with Crippen molar-refractivity contribution in [1.29, 1.82) is 0 Å². The highest BCUT2D eigenvalue weighted by Gasteiger charge is 2.22. The Bertz CT molecular complexity index is 697. The molecular weight excluding hydrogens is 306 g/mol. The number of nitrogens with zero attached hydrogens (tertiary/aromatic N) is 1. The van der Waals surface area contributed by atoms with Crippen LogP contribution in [0, 0.1) is 0 Å². The van der Waals surface area contributed by atoms with Gasteiger partial charge in [0.25, 0.3) is 0 Å². The third-order valence-corrected chi connectivity index (χ3v) is 4.92. The Labute approximate surface area is 141 Å². The van der Waals surface area contributed by atoms with Gasteiger partial charge in [-0.2, -0.15) is 0 Å². The third kappa shape index (κ3) is 3.43. The van der Waals surface area contributed by atoms with E-state index in [1.807, 2.05) is 11.0 Å². The molecule has 0 bridgehead atoms. The van der Waals surface area contributed by atoms with Gasteiger partial charge in [-0.1, -0.05) is 18.2 Å². The van der Waals surface area contributed by atoms with Crippen molar-refractivity contribution in [3.8, 4) is 11.1 Å². The molecule has 1 heterocycles. The van der Waals surface area contributed by atoms with E-state index in [-0.39, 0.29) is 5.91 Å². The van der Waals surface area contributed by atoms with Crippen molar-refractivity contribution < 1.29 is 9.53 Å². The van der Waals surface area contributed by atoms with Crippen LogP contribution in [0.25, 0.3) is 11.1 Å². The minimum atomic E-state index is 0.213. The topological polar surface area (TPSA) is 29.5 Å². The minimum Gasteiger partial charge on any atom is -0.380 e. The molecule has 0 atom stereocenters. The number of ether oxygens (including phenoxy) is 1. The fraction of sp³-hybridized carbons (Fsp3) is 0.316. The van der Waals surface area contributed by atoms with Gasteiger partial charge in [0.05, 0.1) is 6.61 Å². The molecule has 1 aliphatic rings. The lowest BCUT2D eigenvalue weighted by Gasteiger charge is -2.19. The summed E-state index contributed by atoms with van der Waals surface area (Å²) in [6.07, 6.45) is 3.67. The summed E-state index contributed by atoms with van der Waals surface area (Å²) in [6.45, 7) is 1.35. The molecule has 3 rings (SSSR count). The van der Waals surface area contributed by atoms with Crippen LogP contribution < -0.4 is 4.90 Å².